The lowest BCUT2D eigenvalue weighted by Gasteiger charge is -2.10. The number of aliphatic hydroxyl groups is 1. The number of carbonyl (C=O) groups excluding carboxylic acids is 1. The quantitative estimate of drug-likeness (QED) is 0.170. The first-order chi connectivity index (χ1) is 18.4. The lowest BCUT2D eigenvalue weighted by Crippen LogP contribution is -2.09. The summed E-state index contributed by atoms with van der Waals surface area (Å²) in [5.41, 5.74) is 4.83. The van der Waals surface area contributed by atoms with Crippen LogP contribution in [0.25, 0.3) is 32.8 Å². The molecule has 0 bridgehead atoms. The van der Waals surface area contributed by atoms with Crippen LogP contribution in [0.2, 0.25) is 5.02 Å². The molecule has 5 aromatic rings. The fraction of sp³-hybridized carbons (Fsp3) is 0.267. The Hall–Kier alpha value is -3.81. The molecule has 196 valence electrons. The Morgan fingerprint density at radius 1 is 1.08 bits per heavy atom. The summed E-state index contributed by atoms with van der Waals surface area (Å²) < 4.78 is 13.2. The summed E-state index contributed by atoms with van der Waals surface area (Å²) >= 11 is 6.72. The summed E-state index contributed by atoms with van der Waals surface area (Å²) in [6.45, 7) is 4.22. The van der Waals surface area contributed by atoms with E-state index in [0.717, 1.165) is 44.2 Å². The number of carbonyl (C=O) groups is 1. The highest BCUT2D eigenvalue weighted by Crippen LogP contribution is 2.40. The van der Waals surface area contributed by atoms with Gasteiger partial charge in [0.25, 0.3) is 0 Å². The number of aromatic amines is 1. The van der Waals surface area contributed by atoms with Gasteiger partial charge < -0.3 is 19.6 Å². The molecular formula is C30H30ClN3O4. The second-order valence-electron chi connectivity index (χ2n) is 9.16. The zero-order valence-electron chi connectivity index (χ0n) is 21.7. The number of hydrogen-bond donors (Lipinski definition) is 2. The number of aromatic nitrogens is 3. The molecule has 2 N–H and O–H groups in total. The standard InChI is InChI=1S/C30H30ClN3O4/c1-4-37-30(36)29-21(12-8-16-38-25-13-7-10-19-9-5-6-11-20(19)25)22-14-15-23(31)27(28(22)32-29)26-18(2)33-34(3)24(26)17-35/h5-7,9-11,13-15,32,35H,4,8,12,16-17H2,1-3H3. The molecule has 0 atom stereocenters. The van der Waals surface area contributed by atoms with Gasteiger partial charge in [-0.05, 0) is 49.8 Å². The van der Waals surface area contributed by atoms with Crippen molar-refractivity contribution in [3.63, 3.8) is 0 Å². The van der Waals surface area contributed by atoms with Crippen molar-refractivity contribution in [3.8, 4) is 16.9 Å². The molecule has 0 saturated heterocycles. The Morgan fingerprint density at radius 3 is 2.66 bits per heavy atom. The lowest BCUT2D eigenvalue weighted by molar-refractivity contribution is 0.0519. The molecular weight excluding hydrogens is 502 g/mol. The number of fused-ring (bicyclic) bond motifs is 2. The van der Waals surface area contributed by atoms with E-state index in [0.29, 0.717) is 41.4 Å². The van der Waals surface area contributed by atoms with E-state index in [9.17, 15) is 9.90 Å². The molecule has 0 unspecified atom stereocenters. The van der Waals surface area contributed by atoms with Gasteiger partial charge in [0.2, 0.25) is 0 Å². The molecule has 0 spiro atoms. The van der Waals surface area contributed by atoms with Gasteiger partial charge in [-0.3, -0.25) is 4.68 Å². The van der Waals surface area contributed by atoms with E-state index >= 15 is 0 Å². The summed E-state index contributed by atoms with van der Waals surface area (Å²) in [5.74, 6) is 0.423. The van der Waals surface area contributed by atoms with Gasteiger partial charge in [-0.15, -0.1) is 0 Å². The number of halogens is 1. The monoisotopic (exact) mass is 531 g/mol. The number of nitrogens with one attached hydrogen (secondary N) is 1. The molecule has 0 fully saturated rings. The third-order valence-electron chi connectivity index (χ3n) is 6.83. The van der Waals surface area contributed by atoms with Crippen LogP contribution in [0, 0.1) is 6.92 Å². The van der Waals surface area contributed by atoms with Gasteiger partial charge in [-0.2, -0.15) is 5.10 Å². The summed E-state index contributed by atoms with van der Waals surface area (Å²) in [7, 11) is 1.79. The molecule has 0 aliphatic rings. The number of esters is 1. The summed E-state index contributed by atoms with van der Waals surface area (Å²) in [6.07, 6.45) is 1.28. The lowest BCUT2D eigenvalue weighted by atomic mass is 9.98. The van der Waals surface area contributed by atoms with E-state index in [1.165, 1.54) is 0 Å². The van der Waals surface area contributed by atoms with Crippen LogP contribution in [0.3, 0.4) is 0 Å². The van der Waals surface area contributed by atoms with Gasteiger partial charge in [-0.1, -0.05) is 54.1 Å². The zero-order valence-corrected chi connectivity index (χ0v) is 22.4. The van der Waals surface area contributed by atoms with Crippen molar-refractivity contribution in [3.05, 3.63) is 82.3 Å². The number of aliphatic hydroxyl groups excluding tert-OH is 1. The first-order valence-corrected chi connectivity index (χ1v) is 13.1. The van der Waals surface area contributed by atoms with E-state index in [-0.39, 0.29) is 13.2 Å². The maximum atomic E-state index is 13.0. The van der Waals surface area contributed by atoms with Crippen molar-refractivity contribution in [1.29, 1.82) is 0 Å². The molecule has 38 heavy (non-hydrogen) atoms. The van der Waals surface area contributed by atoms with Crippen LogP contribution in [0.1, 0.15) is 40.8 Å². The van der Waals surface area contributed by atoms with Crippen molar-refractivity contribution in [2.75, 3.05) is 13.2 Å². The topological polar surface area (TPSA) is 89.4 Å². The third kappa shape index (κ3) is 4.64. The minimum Gasteiger partial charge on any atom is -0.493 e. The highest BCUT2D eigenvalue weighted by atomic mass is 35.5. The van der Waals surface area contributed by atoms with E-state index < -0.39 is 5.97 Å². The summed E-state index contributed by atoms with van der Waals surface area (Å²) in [5, 5.41) is 18.1. The Kier molecular flexibility index (Phi) is 7.40. The predicted molar refractivity (Wildman–Crippen MR) is 150 cm³/mol. The van der Waals surface area contributed by atoms with Crippen molar-refractivity contribution in [2.24, 2.45) is 7.05 Å². The maximum Gasteiger partial charge on any atom is 0.355 e. The Labute approximate surface area is 225 Å². The molecule has 7 nitrogen and oxygen atoms in total. The number of nitrogens with zero attached hydrogens (tertiary/aromatic N) is 2. The number of rotatable bonds is 9. The molecule has 8 heteroatoms. The largest absolute Gasteiger partial charge is 0.493 e. The predicted octanol–water partition coefficient (Wildman–Crippen LogP) is 6.36. The van der Waals surface area contributed by atoms with E-state index in [4.69, 9.17) is 21.1 Å². The molecule has 0 saturated carbocycles. The average Bonchev–Trinajstić information content (AvgIpc) is 3.42. The number of H-pyrrole nitrogens is 1. The smallest absolute Gasteiger partial charge is 0.355 e. The van der Waals surface area contributed by atoms with Crippen LogP contribution in [-0.2, 0) is 24.8 Å². The number of benzene rings is 3. The van der Waals surface area contributed by atoms with Gasteiger partial charge in [0.05, 0.1) is 41.7 Å². The van der Waals surface area contributed by atoms with E-state index in [1.807, 2.05) is 43.3 Å². The fourth-order valence-electron chi connectivity index (χ4n) is 5.14. The number of ether oxygens (including phenoxy) is 2. The number of aryl methyl sites for hydroxylation is 3. The molecule has 2 aromatic heterocycles. The highest BCUT2D eigenvalue weighted by molar-refractivity contribution is 6.35. The second-order valence-corrected chi connectivity index (χ2v) is 9.57. The highest BCUT2D eigenvalue weighted by Gasteiger charge is 2.25. The van der Waals surface area contributed by atoms with Gasteiger partial charge in [-0.25, -0.2) is 4.79 Å². The van der Waals surface area contributed by atoms with Crippen LogP contribution in [0.5, 0.6) is 5.75 Å². The van der Waals surface area contributed by atoms with Gasteiger partial charge in [0.15, 0.2) is 0 Å². The van der Waals surface area contributed by atoms with Crippen molar-refractivity contribution >= 4 is 39.2 Å². The Bertz CT molecular complexity index is 1630. The first-order valence-electron chi connectivity index (χ1n) is 12.7. The molecule has 0 amide bonds. The van der Waals surface area contributed by atoms with Crippen LogP contribution in [0.15, 0.2) is 54.6 Å². The fourth-order valence-corrected chi connectivity index (χ4v) is 5.39. The normalized spacial score (nSPS) is 11.4. The average molecular weight is 532 g/mol. The molecule has 5 rings (SSSR count). The van der Waals surface area contributed by atoms with Crippen molar-refractivity contribution in [1.82, 2.24) is 14.8 Å². The molecule has 0 radical (unpaired) electrons. The Morgan fingerprint density at radius 2 is 1.87 bits per heavy atom. The minimum absolute atomic E-state index is 0.191. The minimum atomic E-state index is -0.416. The third-order valence-corrected chi connectivity index (χ3v) is 7.15. The van der Waals surface area contributed by atoms with Crippen molar-refractivity contribution in [2.45, 2.75) is 33.3 Å². The SMILES string of the molecule is CCOC(=O)c1[nH]c2c(-c3c(C)nn(C)c3CO)c(Cl)ccc2c1CCCOc1cccc2ccccc12. The summed E-state index contributed by atoms with van der Waals surface area (Å²) in [4.78, 5) is 16.3. The van der Waals surface area contributed by atoms with Gasteiger partial charge in [0, 0.05) is 28.9 Å². The van der Waals surface area contributed by atoms with Crippen LogP contribution in [0.4, 0.5) is 0 Å². The number of hydrogen-bond acceptors (Lipinski definition) is 5. The molecule has 0 aliphatic heterocycles. The van der Waals surface area contributed by atoms with Gasteiger partial charge in [0.1, 0.15) is 11.4 Å². The van der Waals surface area contributed by atoms with Crippen LogP contribution in [-0.4, -0.2) is 39.1 Å². The molecule has 0 aliphatic carbocycles. The zero-order chi connectivity index (χ0) is 26.8. The van der Waals surface area contributed by atoms with Gasteiger partial charge >= 0.3 is 5.97 Å². The van der Waals surface area contributed by atoms with Crippen molar-refractivity contribution < 1.29 is 19.4 Å². The first kappa shape index (κ1) is 25.8. The maximum absolute atomic E-state index is 13.0. The Balaban J connectivity index is 1.51. The summed E-state index contributed by atoms with van der Waals surface area (Å²) in [6, 6.07) is 17.9. The van der Waals surface area contributed by atoms with E-state index in [1.54, 1.807) is 18.7 Å². The van der Waals surface area contributed by atoms with E-state index in [2.05, 4.69) is 28.3 Å². The molecule has 2 heterocycles. The molecule has 3 aromatic carbocycles. The van der Waals surface area contributed by atoms with Crippen LogP contribution < -0.4 is 4.74 Å². The second kappa shape index (κ2) is 10.9. The van der Waals surface area contributed by atoms with Crippen LogP contribution >= 0.6 is 11.6 Å².